The zero-order valence-electron chi connectivity index (χ0n) is 20.5. The smallest absolute Gasteiger partial charge is 0.189 e. The van der Waals surface area contributed by atoms with Crippen molar-refractivity contribution in [2.24, 2.45) is 0 Å². The summed E-state index contributed by atoms with van der Waals surface area (Å²) >= 11 is 0. The highest BCUT2D eigenvalue weighted by Gasteiger charge is 2.23. The number of hydrogen-bond acceptors (Lipinski definition) is 6. The molecule has 0 bridgehead atoms. The minimum Gasteiger partial charge on any atom is -0.467 e. The van der Waals surface area contributed by atoms with Crippen LogP contribution in [0.15, 0.2) is 23.8 Å². The summed E-state index contributed by atoms with van der Waals surface area (Å²) in [5.41, 5.74) is 3.73. The van der Waals surface area contributed by atoms with Gasteiger partial charge in [-0.05, 0) is 56.7 Å². The molecular weight excluding hydrogens is 408 g/mol. The summed E-state index contributed by atoms with van der Waals surface area (Å²) in [6.45, 7) is 6.90. The summed E-state index contributed by atoms with van der Waals surface area (Å²) in [6.07, 6.45) is 10.3. The Labute approximate surface area is 194 Å². The lowest BCUT2D eigenvalue weighted by molar-refractivity contribution is -0.0127. The third-order valence-corrected chi connectivity index (χ3v) is 5.63. The molecule has 0 heterocycles. The van der Waals surface area contributed by atoms with Crippen LogP contribution in [0.5, 0.6) is 11.5 Å². The van der Waals surface area contributed by atoms with Crippen molar-refractivity contribution < 1.29 is 28.4 Å². The van der Waals surface area contributed by atoms with Gasteiger partial charge >= 0.3 is 0 Å². The molecule has 0 fully saturated rings. The molecule has 32 heavy (non-hydrogen) atoms. The lowest BCUT2D eigenvalue weighted by Crippen LogP contribution is -2.14. The molecule has 0 N–H and O–H groups in total. The van der Waals surface area contributed by atoms with E-state index in [4.69, 9.17) is 28.4 Å². The van der Waals surface area contributed by atoms with Crippen LogP contribution in [0.3, 0.4) is 0 Å². The van der Waals surface area contributed by atoms with Gasteiger partial charge in [0.15, 0.2) is 13.6 Å². The summed E-state index contributed by atoms with van der Waals surface area (Å²) < 4.78 is 33.6. The van der Waals surface area contributed by atoms with E-state index in [1.807, 2.05) is 0 Å². The van der Waals surface area contributed by atoms with Gasteiger partial charge in [0, 0.05) is 25.7 Å². The Balaban J connectivity index is 2.27. The number of allylic oxidation sites excluding steroid dienone is 2. The quantitative estimate of drug-likeness (QED) is 0.174. The maximum absolute atomic E-state index is 6.16. The van der Waals surface area contributed by atoms with Gasteiger partial charge in [-0.25, -0.2) is 0 Å². The molecule has 1 unspecified atom stereocenters. The molecule has 0 saturated carbocycles. The van der Waals surface area contributed by atoms with Gasteiger partial charge in [0.1, 0.15) is 11.5 Å². The number of benzene rings is 1. The Morgan fingerprint density at radius 3 is 2.03 bits per heavy atom. The van der Waals surface area contributed by atoms with Crippen molar-refractivity contribution in [3.05, 3.63) is 34.9 Å². The van der Waals surface area contributed by atoms with Gasteiger partial charge < -0.3 is 28.4 Å². The summed E-state index contributed by atoms with van der Waals surface area (Å²) in [4.78, 5) is 0. The second-order valence-electron chi connectivity index (χ2n) is 8.30. The topological polar surface area (TPSA) is 55.4 Å². The molecule has 0 saturated heterocycles. The summed E-state index contributed by atoms with van der Waals surface area (Å²) in [6, 6.07) is 4.34. The van der Waals surface area contributed by atoms with E-state index in [0.29, 0.717) is 26.4 Å². The van der Waals surface area contributed by atoms with Gasteiger partial charge in [0.05, 0.1) is 26.4 Å². The molecule has 1 aromatic carbocycles. The first-order chi connectivity index (χ1) is 15.7. The Kier molecular flexibility index (Phi) is 13.4. The molecule has 1 aromatic rings. The minimum atomic E-state index is 0.188. The van der Waals surface area contributed by atoms with Crippen molar-refractivity contribution in [2.75, 3.05) is 54.2 Å². The van der Waals surface area contributed by atoms with Crippen LogP contribution in [0, 0.1) is 0 Å². The van der Waals surface area contributed by atoms with Gasteiger partial charge in [-0.15, -0.1) is 0 Å². The normalized spacial score (nSPS) is 16.1. The van der Waals surface area contributed by atoms with Crippen molar-refractivity contribution in [1.82, 2.24) is 0 Å². The molecule has 0 aromatic heterocycles. The van der Waals surface area contributed by atoms with Crippen LogP contribution in [-0.4, -0.2) is 54.2 Å². The van der Waals surface area contributed by atoms with Crippen molar-refractivity contribution in [1.29, 1.82) is 0 Å². The maximum Gasteiger partial charge on any atom is 0.189 e. The molecule has 1 aliphatic rings. The number of hydrogen-bond donors (Lipinski definition) is 0. The predicted molar refractivity (Wildman–Crippen MR) is 127 cm³/mol. The maximum atomic E-state index is 6.16. The second kappa shape index (κ2) is 16.1. The van der Waals surface area contributed by atoms with E-state index >= 15 is 0 Å². The lowest BCUT2D eigenvalue weighted by atomic mass is 9.84. The fourth-order valence-electron chi connectivity index (χ4n) is 3.93. The average Bonchev–Trinajstić information content (AvgIpc) is 2.79. The largest absolute Gasteiger partial charge is 0.467 e. The van der Waals surface area contributed by atoms with E-state index in [2.05, 4.69) is 32.1 Å². The first-order valence-corrected chi connectivity index (χ1v) is 11.9. The molecule has 6 nitrogen and oxygen atoms in total. The Morgan fingerprint density at radius 1 is 0.875 bits per heavy atom. The van der Waals surface area contributed by atoms with E-state index in [9.17, 15) is 0 Å². The lowest BCUT2D eigenvalue weighted by Gasteiger charge is -2.26. The van der Waals surface area contributed by atoms with E-state index in [1.54, 1.807) is 14.2 Å². The summed E-state index contributed by atoms with van der Waals surface area (Å²) in [5, 5.41) is 0. The van der Waals surface area contributed by atoms with Crippen molar-refractivity contribution >= 4 is 0 Å². The molecule has 0 amide bonds. The van der Waals surface area contributed by atoms with Crippen molar-refractivity contribution in [3.8, 4) is 11.5 Å². The highest BCUT2D eigenvalue weighted by Crippen LogP contribution is 2.43. The summed E-state index contributed by atoms with van der Waals surface area (Å²) in [5.74, 6) is 1.95. The Morgan fingerprint density at radius 2 is 1.50 bits per heavy atom. The summed E-state index contributed by atoms with van der Waals surface area (Å²) in [7, 11) is 3.33. The van der Waals surface area contributed by atoms with Crippen LogP contribution in [0.2, 0.25) is 0 Å². The van der Waals surface area contributed by atoms with Gasteiger partial charge in [0.2, 0.25) is 0 Å². The molecule has 1 aliphatic carbocycles. The van der Waals surface area contributed by atoms with E-state index in [1.165, 1.54) is 30.4 Å². The molecule has 6 heteroatoms. The Hall–Kier alpha value is -1.60. The van der Waals surface area contributed by atoms with Gasteiger partial charge in [0.25, 0.3) is 0 Å². The number of aryl methyl sites for hydroxylation is 1. The number of ether oxygens (including phenoxy) is 6. The second-order valence-corrected chi connectivity index (χ2v) is 8.30. The fourth-order valence-corrected chi connectivity index (χ4v) is 3.93. The SMILES string of the molecule is CCCCCc1cc(OCOCCOC)c(C2C=C(C)CCC2)c(OCOCCOC)c1. The average molecular weight is 451 g/mol. The first-order valence-electron chi connectivity index (χ1n) is 11.9. The Bertz CT molecular complexity index is 637. The van der Waals surface area contributed by atoms with Gasteiger partial charge in [-0.1, -0.05) is 31.4 Å². The third kappa shape index (κ3) is 9.49. The van der Waals surface area contributed by atoms with Crippen LogP contribution in [0.1, 0.15) is 69.4 Å². The van der Waals surface area contributed by atoms with E-state index in [-0.39, 0.29) is 19.5 Å². The van der Waals surface area contributed by atoms with E-state index in [0.717, 1.165) is 42.7 Å². The van der Waals surface area contributed by atoms with E-state index < -0.39 is 0 Å². The molecular formula is C26H42O6. The molecule has 1 atom stereocenters. The van der Waals surface area contributed by atoms with Crippen LogP contribution >= 0.6 is 0 Å². The number of unbranched alkanes of at least 4 members (excludes halogenated alkanes) is 2. The third-order valence-electron chi connectivity index (χ3n) is 5.63. The van der Waals surface area contributed by atoms with Gasteiger partial charge in [-0.3, -0.25) is 0 Å². The van der Waals surface area contributed by atoms with Crippen LogP contribution in [0.4, 0.5) is 0 Å². The molecule has 0 aliphatic heterocycles. The highest BCUT2D eigenvalue weighted by molar-refractivity contribution is 5.52. The molecule has 182 valence electrons. The predicted octanol–water partition coefficient (Wildman–Crippen LogP) is 5.63. The first kappa shape index (κ1) is 26.7. The molecule has 0 spiro atoms. The fraction of sp³-hybridized carbons (Fsp3) is 0.692. The van der Waals surface area contributed by atoms with Crippen molar-refractivity contribution in [2.45, 2.75) is 64.7 Å². The van der Waals surface area contributed by atoms with Crippen molar-refractivity contribution in [3.63, 3.8) is 0 Å². The molecule has 0 radical (unpaired) electrons. The molecule has 2 rings (SSSR count). The monoisotopic (exact) mass is 450 g/mol. The number of rotatable bonds is 17. The highest BCUT2D eigenvalue weighted by atomic mass is 16.7. The zero-order chi connectivity index (χ0) is 23.0. The van der Waals surface area contributed by atoms with Crippen LogP contribution in [0.25, 0.3) is 0 Å². The van der Waals surface area contributed by atoms with Crippen LogP contribution in [-0.2, 0) is 25.4 Å². The van der Waals surface area contributed by atoms with Gasteiger partial charge in [-0.2, -0.15) is 0 Å². The zero-order valence-corrected chi connectivity index (χ0v) is 20.5. The van der Waals surface area contributed by atoms with Crippen LogP contribution < -0.4 is 9.47 Å². The standard InChI is InChI=1S/C26H42O6/c1-5-6-7-10-22-17-24(31-19-29-14-12-27-3)26(23-11-8-9-21(2)16-23)25(18-22)32-20-30-15-13-28-4/h16-18,23H,5-15,19-20H2,1-4H3. The number of methoxy groups -OCH3 is 2. The minimum absolute atomic E-state index is 0.188.